The molecule has 1 N–H and O–H groups in total. The predicted octanol–water partition coefficient (Wildman–Crippen LogP) is 4.46. The van der Waals surface area contributed by atoms with Crippen molar-refractivity contribution in [3.05, 3.63) is 53.1 Å². The fraction of sp³-hybridized carbons (Fsp3) is 0.440. The van der Waals surface area contributed by atoms with Crippen LogP contribution in [0.15, 0.2) is 41.3 Å². The number of sulfone groups is 1. The molecule has 1 aliphatic heterocycles. The molecule has 0 unspecified atom stereocenters. The first kappa shape index (κ1) is 22.5. The van der Waals surface area contributed by atoms with Crippen molar-refractivity contribution in [2.45, 2.75) is 68.9 Å². The summed E-state index contributed by atoms with van der Waals surface area (Å²) in [6.45, 7) is 6.41. The molecule has 170 valence electrons. The van der Waals surface area contributed by atoms with Crippen molar-refractivity contribution in [1.82, 2.24) is 0 Å². The summed E-state index contributed by atoms with van der Waals surface area (Å²) in [6, 6.07) is 10.5. The number of amides is 2. The van der Waals surface area contributed by atoms with Crippen LogP contribution in [-0.4, -0.2) is 31.5 Å². The van der Waals surface area contributed by atoms with Gasteiger partial charge in [-0.05, 0) is 87.1 Å². The van der Waals surface area contributed by atoms with Gasteiger partial charge in [-0.3, -0.25) is 9.59 Å². The van der Waals surface area contributed by atoms with Crippen LogP contribution in [0.25, 0.3) is 0 Å². The molecule has 2 amide bonds. The molecule has 0 aromatic heterocycles. The third-order valence-electron chi connectivity index (χ3n) is 6.95. The molecule has 2 fully saturated rings. The Labute approximate surface area is 189 Å². The maximum absolute atomic E-state index is 13.7. The van der Waals surface area contributed by atoms with E-state index in [1.807, 2.05) is 32.9 Å². The number of carbonyl (C=O) groups excluding carboxylic acids is 2. The maximum Gasteiger partial charge on any atom is 0.246 e. The quantitative estimate of drug-likeness (QED) is 0.723. The van der Waals surface area contributed by atoms with Gasteiger partial charge in [0.25, 0.3) is 0 Å². The van der Waals surface area contributed by atoms with Gasteiger partial charge in [0.2, 0.25) is 11.8 Å². The molecule has 2 aromatic carbocycles. The van der Waals surface area contributed by atoms with Crippen LogP contribution in [-0.2, 0) is 19.4 Å². The van der Waals surface area contributed by atoms with Crippen LogP contribution in [0.3, 0.4) is 0 Å². The van der Waals surface area contributed by atoms with Crippen LogP contribution in [0.1, 0.15) is 55.2 Å². The van der Waals surface area contributed by atoms with Gasteiger partial charge in [-0.1, -0.05) is 18.9 Å². The Bertz CT molecular complexity index is 1180. The lowest BCUT2D eigenvalue weighted by atomic mass is 10.1. The van der Waals surface area contributed by atoms with Crippen molar-refractivity contribution in [3.8, 4) is 0 Å². The topological polar surface area (TPSA) is 83.6 Å². The van der Waals surface area contributed by atoms with Crippen molar-refractivity contribution >= 4 is 33.0 Å². The third-order valence-corrected chi connectivity index (χ3v) is 9.44. The van der Waals surface area contributed by atoms with Crippen LogP contribution in [0.5, 0.6) is 0 Å². The second-order valence-electron chi connectivity index (χ2n) is 9.06. The van der Waals surface area contributed by atoms with E-state index in [0.29, 0.717) is 44.3 Å². The highest BCUT2D eigenvalue weighted by atomic mass is 32.2. The highest BCUT2D eigenvalue weighted by Crippen LogP contribution is 2.42. The van der Waals surface area contributed by atoms with Gasteiger partial charge in [0.05, 0.1) is 4.90 Å². The number of rotatable bonds is 5. The summed E-state index contributed by atoms with van der Waals surface area (Å²) in [4.78, 5) is 27.5. The molecule has 0 spiro atoms. The minimum atomic E-state index is -3.86. The second kappa shape index (κ2) is 8.35. The monoisotopic (exact) mass is 454 g/mol. The van der Waals surface area contributed by atoms with Crippen LogP contribution >= 0.6 is 0 Å². The van der Waals surface area contributed by atoms with Gasteiger partial charge in [0.1, 0.15) is 0 Å². The van der Waals surface area contributed by atoms with Gasteiger partial charge in [-0.25, -0.2) is 8.42 Å². The standard InChI is InChI=1S/C25H30N2O4S/c1-17-8-10-21(16-18(17)2)32(30,31)25(12-4-5-13-25)24(29)26-20-9-11-22(19(3)15-20)27-14-6-7-23(27)28/h8-11,15-16H,4-7,12-14H2,1-3H3,(H,26,29). The summed E-state index contributed by atoms with van der Waals surface area (Å²) in [6.07, 6.45) is 3.42. The van der Waals surface area contributed by atoms with E-state index in [9.17, 15) is 18.0 Å². The Balaban J connectivity index is 1.63. The molecule has 0 atom stereocenters. The summed E-state index contributed by atoms with van der Waals surface area (Å²) >= 11 is 0. The number of hydrogen-bond acceptors (Lipinski definition) is 4. The first-order valence-electron chi connectivity index (χ1n) is 11.2. The van der Waals surface area contributed by atoms with E-state index in [1.54, 1.807) is 29.2 Å². The lowest BCUT2D eigenvalue weighted by Crippen LogP contribution is -2.47. The molecule has 0 radical (unpaired) electrons. The Kier molecular flexibility index (Phi) is 5.88. The summed E-state index contributed by atoms with van der Waals surface area (Å²) in [7, 11) is -3.86. The number of nitrogens with one attached hydrogen (secondary N) is 1. The largest absolute Gasteiger partial charge is 0.325 e. The summed E-state index contributed by atoms with van der Waals surface area (Å²) in [5, 5.41) is 2.87. The number of benzene rings is 2. The number of nitrogens with zero attached hydrogens (tertiary/aromatic N) is 1. The van der Waals surface area contributed by atoms with E-state index in [0.717, 1.165) is 28.8 Å². The number of aryl methyl sites for hydroxylation is 3. The second-order valence-corrected chi connectivity index (χ2v) is 11.3. The third kappa shape index (κ3) is 3.72. The molecule has 2 aromatic rings. The summed E-state index contributed by atoms with van der Waals surface area (Å²) in [5.41, 5.74) is 4.16. The molecule has 1 saturated carbocycles. The zero-order valence-corrected chi connectivity index (χ0v) is 19.7. The van der Waals surface area contributed by atoms with Gasteiger partial charge in [0, 0.05) is 24.3 Å². The number of anilines is 2. The first-order valence-corrected chi connectivity index (χ1v) is 12.7. The first-order chi connectivity index (χ1) is 15.2. The Morgan fingerprint density at radius 2 is 1.66 bits per heavy atom. The van der Waals surface area contributed by atoms with Crippen LogP contribution < -0.4 is 10.2 Å². The molecule has 1 heterocycles. The summed E-state index contributed by atoms with van der Waals surface area (Å²) < 4.78 is 25.9. The van der Waals surface area contributed by atoms with Gasteiger partial charge < -0.3 is 10.2 Å². The maximum atomic E-state index is 13.7. The number of hydrogen-bond donors (Lipinski definition) is 1. The highest BCUT2D eigenvalue weighted by molar-refractivity contribution is 7.93. The van der Waals surface area contributed by atoms with Crippen LogP contribution in [0.4, 0.5) is 11.4 Å². The van der Waals surface area contributed by atoms with E-state index in [4.69, 9.17) is 0 Å². The van der Waals surface area contributed by atoms with Gasteiger partial charge in [-0.15, -0.1) is 0 Å². The lowest BCUT2D eigenvalue weighted by Gasteiger charge is -2.28. The zero-order chi connectivity index (χ0) is 23.1. The van der Waals surface area contributed by atoms with E-state index in [2.05, 4.69) is 5.32 Å². The highest BCUT2D eigenvalue weighted by Gasteiger charge is 2.53. The fourth-order valence-electron chi connectivity index (χ4n) is 4.85. The minimum absolute atomic E-state index is 0.106. The van der Waals surface area contributed by atoms with Crippen molar-refractivity contribution in [3.63, 3.8) is 0 Å². The van der Waals surface area contributed by atoms with E-state index in [-0.39, 0.29) is 10.8 Å². The Morgan fingerprint density at radius 3 is 2.25 bits per heavy atom. The molecule has 7 heteroatoms. The zero-order valence-electron chi connectivity index (χ0n) is 18.9. The van der Waals surface area contributed by atoms with Crippen LogP contribution in [0.2, 0.25) is 0 Å². The minimum Gasteiger partial charge on any atom is -0.325 e. The fourth-order valence-corrected chi connectivity index (χ4v) is 7.01. The molecule has 6 nitrogen and oxygen atoms in total. The number of carbonyl (C=O) groups is 2. The van der Waals surface area contributed by atoms with E-state index < -0.39 is 20.5 Å². The Morgan fingerprint density at radius 1 is 0.938 bits per heavy atom. The van der Waals surface area contributed by atoms with Crippen molar-refractivity contribution in [2.24, 2.45) is 0 Å². The van der Waals surface area contributed by atoms with Gasteiger partial charge in [-0.2, -0.15) is 0 Å². The summed E-state index contributed by atoms with van der Waals surface area (Å²) in [5.74, 6) is -0.369. The van der Waals surface area contributed by atoms with E-state index >= 15 is 0 Å². The average molecular weight is 455 g/mol. The SMILES string of the molecule is Cc1ccc(S(=O)(=O)C2(C(=O)Nc3ccc(N4CCCC4=O)c(C)c3)CCCC2)cc1C. The molecule has 1 saturated heterocycles. The van der Waals surface area contributed by atoms with Crippen molar-refractivity contribution < 1.29 is 18.0 Å². The van der Waals surface area contributed by atoms with E-state index in [1.165, 1.54) is 0 Å². The normalized spacial score (nSPS) is 18.2. The molecule has 1 aliphatic carbocycles. The van der Waals surface area contributed by atoms with Crippen LogP contribution in [0, 0.1) is 20.8 Å². The van der Waals surface area contributed by atoms with Crippen molar-refractivity contribution in [2.75, 3.05) is 16.8 Å². The van der Waals surface area contributed by atoms with Crippen molar-refractivity contribution in [1.29, 1.82) is 0 Å². The average Bonchev–Trinajstić information content (AvgIpc) is 3.40. The molecule has 0 bridgehead atoms. The van der Waals surface area contributed by atoms with Gasteiger partial charge >= 0.3 is 0 Å². The lowest BCUT2D eigenvalue weighted by molar-refractivity contribution is -0.118. The molecular weight excluding hydrogens is 424 g/mol. The predicted molar refractivity (Wildman–Crippen MR) is 126 cm³/mol. The molecule has 2 aliphatic rings. The van der Waals surface area contributed by atoms with Gasteiger partial charge in [0.15, 0.2) is 14.6 Å². The molecular formula is C25H30N2O4S. The molecule has 4 rings (SSSR count). The smallest absolute Gasteiger partial charge is 0.246 e. The molecule has 32 heavy (non-hydrogen) atoms. The Hall–Kier alpha value is -2.67.